The van der Waals surface area contributed by atoms with Crippen LogP contribution in [-0.4, -0.2) is 48.1 Å². The van der Waals surface area contributed by atoms with Crippen LogP contribution in [0.25, 0.3) is 55.0 Å². The van der Waals surface area contributed by atoms with Crippen LogP contribution in [0, 0.1) is 0 Å². The van der Waals surface area contributed by atoms with Gasteiger partial charge in [0, 0.05) is 46.5 Å². The largest absolute Gasteiger partial charge is 0.352 e. The fourth-order valence-electron chi connectivity index (χ4n) is 5.14. The fraction of sp³-hybridized carbons (Fsp3) is 0.214. The Labute approximate surface area is 212 Å². The predicted octanol–water partition coefficient (Wildman–Crippen LogP) is 6.28. The number of nitrogens with one attached hydrogen (secondary N) is 2. The molecule has 7 nitrogen and oxygen atoms in total. The molecular weight excluding hydrogens is 466 g/mol. The molecule has 36 heavy (non-hydrogen) atoms. The van der Waals surface area contributed by atoms with Gasteiger partial charge in [0.15, 0.2) is 0 Å². The number of likely N-dealkylation sites (tertiary alicyclic amines) is 1. The van der Waals surface area contributed by atoms with Gasteiger partial charge >= 0.3 is 0 Å². The van der Waals surface area contributed by atoms with Gasteiger partial charge in [0.1, 0.15) is 11.2 Å². The Morgan fingerprint density at radius 2 is 1.83 bits per heavy atom. The molecule has 0 aromatic carbocycles. The van der Waals surface area contributed by atoms with E-state index in [1.807, 2.05) is 36.9 Å². The van der Waals surface area contributed by atoms with Crippen molar-refractivity contribution in [3.63, 3.8) is 0 Å². The smallest absolute Gasteiger partial charge is 0.135 e. The van der Waals surface area contributed by atoms with Crippen molar-refractivity contribution in [1.29, 1.82) is 0 Å². The molecule has 1 fully saturated rings. The number of aromatic amines is 2. The second-order valence-electron chi connectivity index (χ2n) is 9.39. The Kier molecular flexibility index (Phi) is 5.33. The lowest BCUT2D eigenvalue weighted by Crippen LogP contribution is -2.29. The number of pyridine rings is 3. The molecule has 0 spiro atoms. The Bertz CT molecular complexity index is 1660. The third-order valence-corrected chi connectivity index (χ3v) is 7.84. The first-order chi connectivity index (χ1) is 17.8. The Hall–Kier alpha value is -3.88. The van der Waals surface area contributed by atoms with Gasteiger partial charge in [0.2, 0.25) is 0 Å². The minimum Gasteiger partial charge on any atom is -0.352 e. The standard InChI is InChI=1S/C28H25N7S/c1-2-8-35(9-3-1)17-18-11-19(14-29-13-18)22-6-7-23-27(32-22)28(34-33-23)24-12-20-21(26-5-4-10-36-26)15-30-16-25(20)31-24/h4-7,10-16,31H,1-3,8-9,17H2,(H,33,34). The van der Waals surface area contributed by atoms with E-state index in [0.29, 0.717) is 0 Å². The Morgan fingerprint density at radius 1 is 0.917 bits per heavy atom. The second-order valence-corrected chi connectivity index (χ2v) is 10.3. The summed E-state index contributed by atoms with van der Waals surface area (Å²) in [6.07, 6.45) is 11.6. The van der Waals surface area contributed by atoms with Crippen LogP contribution in [0.3, 0.4) is 0 Å². The highest BCUT2D eigenvalue weighted by Crippen LogP contribution is 2.35. The van der Waals surface area contributed by atoms with Gasteiger partial charge in [-0.1, -0.05) is 12.5 Å². The van der Waals surface area contributed by atoms with E-state index in [9.17, 15) is 0 Å². The number of thiophene rings is 1. The minimum absolute atomic E-state index is 0.803. The van der Waals surface area contributed by atoms with Gasteiger partial charge in [0.25, 0.3) is 0 Å². The number of nitrogens with zero attached hydrogens (tertiary/aromatic N) is 5. The van der Waals surface area contributed by atoms with E-state index in [-0.39, 0.29) is 0 Å². The molecule has 0 saturated carbocycles. The van der Waals surface area contributed by atoms with Crippen molar-refractivity contribution >= 4 is 33.3 Å². The third kappa shape index (κ3) is 3.88. The van der Waals surface area contributed by atoms with Crippen LogP contribution in [-0.2, 0) is 6.54 Å². The normalized spacial score (nSPS) is 14.7. The van der Waals surface area contributed by atoms with E-state index in [4.69, 9.17) is 4.98 Å². The highest BCUT2D eigenvalue weighted by atomic mass is 32.1. The van der Waals surface area contributed by atoms with Crippen LogP contribution in [0.4, 0.5) is 0 Å². The average molecular weight is 492 g/mol. The van der Waals surface area contributed by atoms with Gasteiger partial charge in [0.05, 0.1) is 28.6 Å². The third-order valence-electron chi connectivity index (χ3n) is 6.94. The van der Waals surface area contributed by atoms with Gasteiger partial charge in [-0.3, -0.25) is 20.0 Å². The number of H-pyrrole nitrogens is 2. The first kappa shape index (κ1) is 21.4. The maximum absolute atomic E-state index is 5.03. The zero-order chi connectivity index (χ0) is 23.9. The van der Waals surface area contributed by atoms with Gasteiger partial charge in [-0.15, -0.1) is 11.3 Å². The summed E-state index contributed by atoms with van der Waals surface area (Å²) >= 11 is 1.71. The Morgan fingerprint density at radius 3 is 2.72 bits per heavy atom. The first-order valence-electron chi connectivity index (χ1n) is 12.3. The number of piperidine rings is 1. The molecule has 1 saturated heterocycles. The average Bonchev–Trinajstić information content (AvgIpc) is 3.68. The van der Waals surface area contributed by atoms with Crippen LogP contribution in [0.2, 0.25) is 0 Å². The molecule has 6 aromatic heterocycles. The summed E-state index contributed by atoms with van der Waals surface area (Å²) in [5, 5.41) is 11.0. The van der Waals surface area contributed by atoms with Gasteiger partial charge in [-0.05, 0) is 67.2 Å². The van der Waals surface area contributed by atoms with E-state index in [0.717, 1.165) is 56.7 Å². The maximum Gasteiger partial charge on any atom is 0.135 e. The quantitative estimate of drug-likeness (QED) is 0.296. The molecule has 0 amide bonds. The van der Waals surface area contributed by atoms with Crippen molar-refractivity contribution < 1.29 is 0 Å². The lowest BCUT2D eigenvalue weighted by atomic mass is 10.1. The van der Waals surface area contributed by atoms with Crippen LogP contribution in [0.5, 0.6) is 0 Å². The van der Waals surface area contributed by atoms with E-state index < -0.39 is 0 Å². The van der Waals surface area contributed by atoms with Crippen molar-refractivity contribution in [2.24, 2.45) is 0 Å². The summed E-state index contributed by atoms with van der Waals surface area (Å²) in [6, 6.07) is 12.6. The van der Waals surface area contributed by atoms with Crippen LogP contribution < -0.4 is 0 Å². The molecule has 1 aliphatic rings. The molecule has 7 rings (SSSR count). The monoisotopic (exact) mass is 491 g/mol. The fourth-order valence-corrected chi connectivity index (χ4v) is 5.89. The van der Waals surface area contributed by atoms with E-state index in [2.05, 4.69) is 59.7 Å². The van der Waals surface area contributed by atoms with E-state index in [1.165, 1.54) is 42.8 Å². The molecule has 0 radical (unpaired) electrons. The first-order valence-corrected chi connectivity index (χ1v) is 13.2. The van der Waals surface area contributed by atoms with Gasteiger partial charge < -0.3 is 4.98 Å². The number of hydrogen-bond acceptors (Lipinski definition) is 6. The van der Waals surface area contributed by atoms with Crippen LogP contribution >= 0.6 is 11.3 Å². The van der Waals surface area contributed by atoms with Crippen molar-refractivity contribution in [3.8, 4) is 33.1 Å². The summed E-state index contributed by atoms with van der Waals surface area (Å²) in [6.45, 7) is 3.28. The zero-order valence-electron chi connectivity index (χ0n) is 19.7. The highest BCUT2D eigenvalue weighted by Gasteiger charge is 2.17. The molecule has 0 unspecified atom stereocenters. The highest BCUT2D eigenvalue weighted by molar-refractivity contribution is 7.13. The van der Waals surface area contributed by atoms with Crippen molar-refractivity contribution in [1.82, 2.24) is 35.0 Å². The molecular formula is C28H25N7S. The molecule has 6 aromatic rings. The zero-order valence-corrected chi connectivity index (χ0v) is 20.6. The number of fused-ring (bicyclic) bond motifs is 2. The topological polar surface area (TPSA) is 86.4 Å². The summed E-state index contributed by atoms with van der Waals surface area (Å²) in [4.78, 5) is 21.2. The molecule has 0 bridgehead atoms. The minimum atomic E-state index is 0.803. The number of aromatic nitrogens is 6. The van der Waals surface area contributed by atoms with Crippen molar-refractivity contribution in [3.05, 3.63) is 72.1 Å². The second kappa shape index (κ2) is 8.96. The Balaban J connectivity index is 1.26. The van der Waals surface area contributed by atoms with Gasteiger partial charge in [-0.2, -0.15) is 5.10 Å². The molecule has 0 atom stereocenters. The predicted molar refractivity (Wildman–Crippen MR) is 145 cm³/mol. The van der Waals surface area contributed by atoms with Crippen molar-refractivity contribution in [2.45, 2.75) is 25.8 Å². The van der Waals surface area contributed by atoms with Crippen molar-refractivity contribution in [2.75, 3.05) is 13.1 Å². The summed E-state index contributed by atoms with van der Waals surface area (Å²) < 4.78 is 0. The molecule has 2 N–H and O–H groups in total. The molecule has 7 heterocycles. The summed E-state index contributed by atoms with van der Waals surface area (Å²) in [7, 11) is 0. The molecule has 8 heteroatoms. The lowest BCUT2D eigenvalue weighted by Gasteiger charge is -2.26. The number of hydrogen-bond donors (Lipinski definition) is 2. The molecule has 178 valence electrons. The van der Waals surface area contributed by atoms with E-state index in [1.54, 1.807) is 11.3 Å². The van der Waals surface area contributed by atoms with Crippen LogP contribution in [0.15, 0.2) is 66.6 Å². The maximum atomic E-state index is 5.03. The van der Waals surface area contributed by atoms with Crippen LogP contribution in [0.1, 0.15) is 24.8 Å². The van der Waals surface area contributed by atoms with E-state index >= 15 is 0 Å². The molecule has 0 aliphatic carbocycles. The summed E-state index contributed by atoms with van der Waals surface area (Å²) in [5.41, 5.74) is 8.73. The summed E-state index contributed by atoms with van der Waals surface area (Å²) in [5.74, 6) is 0. The molecule has 1 aliphatic heterocycles. The lowest BCUT2D eigenvalue weighted by molar-refractivity contribution is 0.220. The number of rotatable bonds is 5. The van der Waals surface area contributed by atoms with Gasteiger partial charge in [-0.25, -0.2) is 4.98 Å². The SMILES string of the molecule is c1csc(-c2cncc3[nH]c(-c4n[nH]c5ccc(-c6cncc(CN7CCCCC7)c6)nc45)cc23)c1.